The van der Waals surface area contributed by atoms with Gasteiger partial charge in [0.05, 0.1) is 4.90 Å². The summed E-state index contributed by atoms with van der Waals surface area (Å²) in [5.41, 5.74) is 2.09. The van der Waals surface area contributed by atoms with E-state index in [9.17, 15) is 8.42 Å². The Morgan fingerprint density at radius 1 is 1.09 bits per heavy atom. The quantitative estimate of drug-likeness (QED) is 0.722. The van der Waals surface area contributed by atoms with Crippen LogP contribution >= 0.6 is 22.7 Å². The van der Waals surface area contributed by atoms with E-state index in [2.05, 4.69) is 10.8 Å². The van der Waals surface area contributed by atoms with Crippen molar-refractivity contribution in [2.75, 3.05) is 0 Å². The lowest BCUT2D eigenvalue weighted by Gasteiger charge is -2.07. The van der Waals surface area contributed by atoms with Crippen molar-refractivity contribution in [3.05, 3.63) is 63.2 Å². The second-order valence-corrected chi connectivity index (χ2v) is 9.42. The number of rotatable bonds is 5. The number of hydrogen-bond donors (Lipinski definition) is 1. The molecule has 1 aromatic carbocycles. The van der Waals surface area contributed by atoms with Crippen molar-refractivity contribution in [2.45, 2.75) is 25.3 Å². The molecule has 0 amide bonds. The van der Waals surface area contributed by atoms with Crippen LogP contribution in [0.15, 0.2) is 52.7 Å². The Balaban J connectivity index is 1.72. The topological polar surface area (TPSA) is 46.2 Å². The SMILES string of the molecule is Cc1cc(S(=O)(=O)NCc2ccc(-c3cccs3)cc2)c(C)s1. The second kappa shape index (κ2) is 6.57. The minimum absolute atomic E-state index is 0.293. The van der Waals surface area contributed by atoms with Gasteiger partial charge in [-0.05, 0) is 42.5 Å². The first-order valence-electron chi connectivity index (χ1n) is 7.15. The van der Waals surface area contributed by atoms with Crippen LogP contribution < -0.4 is 4.72 Å². The molecular formula is C17H17NO2S3. The average molecular weight is 364 g/mol. The molecule has 0 bridgehead atoms. The third-order valence-electron chi connectivity index (χ3n) is 3.51. The van der Waals surface area contributed by atoms with Crippen LogP contribution in [0.25, 0.3) is 10.4 Å². The van der Waals surface area contributed by atoms with E-state index in [1.54, 1.807) is 17.4 Å². The molecule has 0 aliphatic rings. The van der Waals surface area contributed by atoms with E-state index in [1.165, 1.54) is 16.2 Å². The van der Waals surface area contributed by atoms with E-state index in [-0.39, 0.29) is 0 Å². The van der Waals surface area contributed by atoms with E-state index < -0.39 is 10.0 Å². The molecule has 6 heteroatoms. The van der Waals surface area contributed by atoms with E-state index in [0.29, 0.717) is 11.4 Å². The predicted octanol–water partition coefficient (Wildman–Crippen LogP) is 4.57. The number of benzene rings is 1. The van der Waals surface area contributed by atoms with Gasteiger partial charge in [-0.1, -0.05) is 30.3 Å². The summed E-state index contributed by atoms with van der Waals surface area (Å²) in [5, 5.41) is 2.04. The summed E-state index contributed by atoms with van der Waals surface area (Å²) in [4.78, 5) is 3.42. The third kappa shape index (κ3) is 3.72. The fourth-order valence-electron chi connectivity index (χ4n) is 2.36. The van der Waals surface area contributed by atoms with Gasteiger partial charge in [-0.2, -0.15) is 0 Å². The van der Waals surface area contributed by atoms with Crippen LogP contribution in [0.4, 0.5) is 0 Å². The molecule has 0 atom stereocenters. The minimum atomic E-state index is -3.46. The summed E-state index contributed by atoms with van der Waals surface area (Å²) in [5.74, 6) is 0. The normalized spacial score (nSPS) is 11.7. The number of hydrogen-bond acceptors (Lipinski definition) is 4. The molecule has 2 aromatic heterocycles. The molecule has 2 heterocycles. The maximum atomic E-state index is 12.4. The smallest absolute Gasteiger partial charge is 0.207 e. The van der Waals surface area contributed by atoms with Gasteiger partial charge in [-0.15, -0.1) is 22.7 Å². The second-order valence-electron chi connectivity index (χ2n) is 5.28. The first-order valence-corrected chi connectivity index (χ1v) is 10.3. The van der Waals surface area contributed by atoms with Gasteiger partial charge in [0.15, 0.2) is 0 Å². The molecular weight excluding hydrogens is 346 g/mol. The zero-order chi connectivity index (χ0) is 16.4. The first-order chi connectivity index (χ1) is 11.0. The van der Waals surface area contributed by atoms with Crippen molar-refractivity contribution in [1.82, 2.24) is 4.72 Å². The maximum Gasteiger partial charge on any atom is 0.241 e. The number of aryl methyl sites for hydroxylation is 2. The van der Waals surface area contributed by atoms with Gasteiger partial charge in [0.1, 0.15) is 0 Å². The van der Waals surface area contributed by atoms with Gasteiger partial charge >= 0.3 is 0 Å². The van der Waals surface area contributed by atoms with Crippen LogP contribution in [0.5, 0.6) is 0 Å². The molecule has 0 unspecified atom stereocenters. The highest BCUT2D eigenvalue weighted by Crippen LogP contribution is 2.26. The molecule has 0 radical (unpaired) electrons. The van der Waals surface area contributed by atoms with Crippen molar-refractivity contribution >= 4 is 32.7 Å². The van der Waals surface area contributed by atoms with E-state index in [1.807, 2.05) is 49.6 Å². The molecule has 0 aliphatic heterocycles. The lowest BCUT2D eigenvalue weighted by Crippen LogP contribution is -2.23. The highest BCUT2D eigenvalue weighted by atomic mass is 32.2. The molecule has 0 saturated carbocycles. The summed E-state index contributed by atoms with van der Waals surface area (Å²) in [6, 6.07) is 13.8. The van der Waals surface area contributed by atoms with E-state index in [4.69, 9.17) is 0 Å². The molecule has 120 valence electrons. The monoisotopic (exact) mass is 363 g/mol. The van der Waals surface area contributed by atoms with Crippen molar-refractivity contribution in [1.29, 1.82) is 0 Å². The van der Waals surface area contributed by atoms with Crippen molar-refractivity contribution in [3.63, 3.8) is 0 Å². The Morgan fingerprint density at radius 2 is 1.83 bits per heavy atom. The van der Waals surface area contributed by atoms with Crippen LogP contribution in [0.2, 0.25) is 0 Å². The summed E-state index contributed by atoms with van der Waals surface area (Å²) in [6.45, 7) is 4.05. The molecule has 3 rings (SSSR count). The summed E-state index contributed by atoms with van der Waals surface area (Å²) >= 11 is 3.19. The predicted molar refractivity (Wildman–Crippen MR) is 97.6 cm³/mol. The maximum absolute atomic E-state index is 12.4. The van der Waals surface area contributed by atoms with Crippen LogP contribution in [0.1, 0.15) is 15.3 Å². The average Bonchev–Trinajstić information content (AvgIpc) is 3.16. The van der Waals surface area contributed by atoms with Gasteiger partial charge in [-0.3, -0.25) is 0 Å². The highest BCUT2D eigenvalue weighted by molar-refractivity contribution is 7.89. The van der Waals surface area contributed by atoms with Crippen LogP contribution in [0.3, 0.4) is 0 Å². The van der Waals surface area contributed by atoms with Crippen LogP contribution in [-0.2, 0) is 16.6 Å². The molecule has 1 N–H and O–H groups in total. The zero-order valence-corrected chi connectivity index (χ0v) is 15.3. The third-order valence-corrected chi connectivity index (χ3v) is 7.05. The summed E-state index contributed by atoms with van der Waals surface area (Å²) in [7, 11) is -3.46. The molecule has 3 aromatic rings. The number of nitrogens with one attached hydrogen (secondary N) is 1. The fourth-order valence-corrected chi connectivity index (χ4v) is 5.66. The minimum Gasteiger partial charge on any atom is -0.207 e. The van der Waals surface area contributed by atoms with Gasteiger partial charge in [-0.25, -0.2) is 13.1 Å². The van der Waals surface area contributed by atoms with Crippen LogP contribution in [-0.4, -0.2) is 8.42 Å². The molecule has 0 aliphatic carbocycles. The van der Waals surface area contributed by atoms with Gasteiger partial charge in [0.2, 0.25) is 10.0 Å². The van der Waals surface area contributed by atoms with Gasteiger partial charge in [0, 0.05) is 21.2 Å². The van der Waals surface area contributed by atoms with E-state index in [0.717, 1.165) is 20.9 Å². The Labute approximate surface area is 144 Å². The fraction of sp³-hybridized carbons (Fsp3) is 0.176. The lowest BCUT2D eigenvalue weighted by molar-refractivity contribution is 0.581. The Morgan fingerprint density at radius 3 is 2.39 bits per heavy atom. The molecule has 3 nitrogen and oxygen atoms in total. The molecule has 0 saturated heterocycles. The molecule has 0 fully saturated rings. The zero-order valence-electron chi connectivity index (χ0n) is 12.9. The standard InChI is InChI=1S/C17H17NO2S3/c1-12-10-17(13(2)22-12)23(19,20)18-11-14-5-7-15(8-6-14)16-4-3-9-21-16/h3-10,18H,11H2,1-2H3. The first kappa shape index (κ1) is 16.4. The van der Waals surface area contributed by atoms with Crippen LogP contribution in [0, 0.1) is 13.8 Å². The van der Waals surface area contributed by atoms with Gasteiger partial charge < -0.3 is 0 Å². The number of thiophene rings is 2. The van der Waals surface area contributed by atoms with Gasteiger partial charge in [0.25, 0.3) is 0 Å². The van der Waals surface area contributed by atoms with Crippen molar-refractivity contribution in [3.8, 4) is 10.4 Å². The Hall–Kier alpha value is -1.47. The van der Waals surface area contributed by atoms with Crippen molar-refractivity contribution < 1.29 is 8.42 Å². The molecule has 23 heavy (non-hydrogen) atoms. The van der Waals surface area contributed by atoms with Crippen molar-refractivity contribution in [2.24, 2.45) is 0 Å². The molecule has 0 spiro atoms. The highest BCUT2D eigenvalue weighted by Gasteiger charge is 2.18. The largest absolute Gasteiger partial charge is 0.241 e. The Bertz CT molecular complexity index is 892. The number of sulfonamides is 1. The summed E-state index contributed by atoms with van der Waals surface area (Å²) < 4.78 is 27.5. The Kier molecular flexibility index (Phi) is 4.68. The lowest BCUT2D eigenvalue weighted by atomic mass is 10.1. The summed E-state index contributed by atoms with van der Waals surface area (Å²) in [6.07, 6.45) is 0. The van der Waals surface area contributed by atoms with E-state index >= 15 is 0 Å².